The second-order valence-corrected chi connectivity index (χ2v) is 4.87. The zero-order valence-electron chi connectivity index (χ0n) is 11.0. The number of H-pyrrole nitrogens is 1. The van der Waals surface area contributed by atoms with Gasteiger partial charge in [0.25, 0.3) is 5.56 Å². The Labute approximate surface area is 114 Å². The summed E-state index contributed by atoms with van der Waals surface area (Å²) in [5.41, 5.74) is -0.139. The van der Waals surface area contributed by atoms with E-state index in [-0.39, 0.29) is 11.2 Å². The summed E-state index contributed by atoms with van der Waals surface area (Å²) >= 11 is 5.86. The van der Waals surface area contributed by atoms with Crippen LogP contribution in [-0.2, 0) is 6.42 Å². The Hall–Kier alpha value is -1.82. The van der Waals surface area contributed by atoms with Gasteiger partial charge in [-0.2, -0.15) is 5.10 Å². The molecule has 0 fully saturated rings. The van der Waals surface area contributed by atoms with Gasteiger partial charge in [0, 0.05) is 12.2 Å². The first-order valence-electron chi connectivity index (χ1n) is 6.04. The zero-order valence-corrected chi connectivity index (χ0v) is 11.7. The molecule has 19 heavy (non-hydrogen) atoms. The molecule has 102 valence electrons. The van der Waals surface area contributed by atoms with Crippen LogP contribution in [0.25, 0.3) is 5.69 Å². The first-order valence-corrected chi connectivity index (χ1v) is 6.41. The lowest BCUT2D eigenvalue weighted by Crippen LogP contribution is -2.35. The first kappa shape index (κ1) is 13.6. The molecule has 0 saturated carbocycles. The number of aromatic amines is 1. The van der Waals surface area contributed by atoms with E-state index in [0.717, 1.165) is 4.57 Å². The Morgan fingerprint density at radius 2 is 2.11 bits per heavy atom. The van der Waals surface area contributed by atoms with Crippen molar-refractivity contribution in [2.24, 2.45) is 0 Å². The molecule has 2 aromatic heterocycles. The number of halogens is 1. The van der Waals surface area contributed by atoms with Crippen molar-refractivity contribution < 1.29 is 0 Å². The van der Waals surface area contributed by atoms with Gasteiger partial charge in [0.2, 0.25) is 0 Å². The van der Waals surface area contributed by atoms with Crippen molar-refractivity contribution in [3.8, 4) is 5.69 Å². The molecule has 0 aliphatic carbocycles. The summed E-state index contributed by atoms with van der Waals surface area (Å²) in [5, 5.41) is 4.23. The van der Waals surface area contributed by atoms with E-state index in [1.165, 1.54) is 6.20 Å². The summed E-state index contributed by atoms with van der Waals surface area (Å²) < 4.78 is 2.73. The van der Waals surface area contributed by atoms with E-state index in [1.54, 1.807) is 10.9 Å². The third-order valence-electron chi connectivity index (χ3n) is 2.87. The minimum Gasteiger partial charge on any atom is -0.297 e. The standard InChI is InChI=1S/C12H15ClN4O2/c1-4-9-10(13)15-12(19)17(11(9)18)8-5-14-16(6-8)7(2)3/h5-7H,4H2,1-3H3,(H,15,19). The fourth-order valence-corrected chi connectivity index (χ4v) is 2.11. The highest BCUT2D eigenvalue weighted by Gasteiger charge is 2.14. The predicted octanol–water partition coefficient (Wildman–Crippen LogP) is 1.52. The van der Waals surface area contributed by atoms with E-state index in [2.05, 4.69) is 10.1 Å². The van der Waals surface area contributed by atoms with Crippen molar-refractivity contribution in [1.29, 1.82) is 0 Å². The van der Waals surface area contributed by atoms with Gasteiger partial charge in [-0.1, -0.05) is 18.5 Å². The molecular weight excluding hydrogens is 268 g/mol. The van der Waals surface area contributed by atoms with Crippen molar-refractivity contribution in [3.63, 3.8) is 0 Å². The minimum atomic E-state index is -0.560. The van der Waals surface area contributed by atoms with E-state index in [1.807, 2.05) is 20.8 Å². The molecule has 0 aliphatic heterocycles. The summed E-state index contributed by atoms with van der Waals surface area (Å²) in [6.07, 6.45) is 3.60. The molecule has 1 N–H and O–H groups in total. The molecule has 0 aromatic carbocycles. The average molecular weight is 283 g/mol. The third kappa shape index (κ3) is 2.35. The maximum Gasteiger partial charge on any atom is 0.334 e. The SMILES string of the molecule is CCc1c(Cl)[nH]c(=O)n(-c2cnn(C(C)C)c2)c1=O. The van der Waals surface area contributed by atoms with Crippen LogP contribution in [0.15, 0.2) is 22.0 Å². The van der Waals surface area contributed by atoms with Gasteiger partial charge in [-0.3, -0.25) is 14.5 Å². The molecule has 2 heterocycles. The lowest BCUT2D eigenvalue weighted by atomic mass is 10.2. The molecule has 2 aromatic rings. The average Bonchev–Trinajstić information content (AvgIpc) is 2.78. The number of aromatic nitrogens is 4. The maximum absolute atomic E-state index is 12.2. The lowest BCUT2D eigenvalue weighted by molar-refractivity contribution is 0.532. The van der Waals surface area contributed by atoms with Crippen molar-refractivity contribution >= 4 is 11.6 Å². The highest BCUT2D eigenvalue weighted by molar-refractivity contribution is 6.30. The molecule has 0 spiro atoms. The fourth-order valence-electron chi connectivity index (χ4n) is 1.81. The Morgan fingerprint density at radius 1 is 1.42 bits per heavy atom. The molecule has 0 amide bonds. The highest BCUT2D eigenvalue weighted by Crippen LogP contribution is 2.10. The maximum atomic E-state index is 12.2. The summed E-state index contributed by atoms with van der Waals surface area (Å²) in [6.45, 7) is 5.73. The molecule has 0 unspecified atom stereocenters. The second kappa shape index (κ2) is 5.05. The van der Waals surface area contributed by atoms with Crippen LogP contribution in [-0.4, -0.2) is 19.3 Å². The van der Waals surface area contributed by atoms with Crippen molar-refractivity contribution in [1.82, 2.24) is 19.3 Å². The van der Waals surface area contributed by atoms with E-state index in [4.69, 9.17) is 11.6 Å². The second-order valence-electron chi connectivity index (χ2n) is 4.49. The van der Waals surface area contributed by atoms with E-state index < -0.39 is 11.2 Å². The van der Waals surface area contributed by atoms with Crippen molar-refractivity contribution in [2.75, 3.05) is 0 Å². The van der Waals surface area contributed by atoms with E-state index in [0.29, 0.717) is 17.7 Å². The van der Waals surface area contributed by atoms with Gasteiger partial charge in [-0.05, 0) is 20.3 Å². The molecular formula is C12H15ClN4O2. The van der Waals surface area contributed by atoms with E-state index >= 15 is 0 Å². The number of hydrogen-bond acceptors (Lipinski definition) is 3. The van der Waals surface area contributed by atoms with Crippen molar-refractivity contribution in [3.05, 3.63) is 43.9 Å². The number of nitrogens with one attached hydrogen (secondary N) is 1. The van der Waals surface area contributed by atoms with Crippen LogP contribution < -0.4 is 11.2 Å². The molecule has 2 rings (SSSR count). The van der Waals surface area contributed by atoms with Gasteiger partial charge in [0.1, 0.15) is 5.15 Å². The molecule has 0 saturated heterocycles. The van der Waals surface area contributed by atoms with Crippen LogP contribution >= 0.6 is 11.6 Å². The van der Waals surface area contributed by atoms with Crippen LogP contribution in [0.3, 0.4) is 0 Å². The molecule has 0 aliphatic rings. The van der Waals surface area contributed by atoms with Gasteiger partial charge in [0.05, 0.1) is 17.4 Å². The van der Waals surface area contributed by atoms with E-state index in [9.17, 15) is 9.59 Å². The number of nitrogens with zero attached hydrogens (tertiary/aromatic N) is 3. The van der Waals surface area contributed by atoms with Gasteiger partial charge in [-0.15, -0.1) is 0 Å². The Bertz CT molecular complexity index is 711. The minimum absolute atomic E-state index is 0.102. The normalized spacial score (nSPS) is 11.2. The summed E-state index contributed by atoms with van der Waals surface area (Å²) in [4.78, 5) is 26.6. The molecule has 6 nitrogen and oxygen atoms in total. The molecule has 7 heteroatoms. The fraction of sp³-hybridized carbons (Fsp3) is 0.417. The van der Waals surface area contributed by atoms with Crippen LogP contribution in [0.4, 0.5) is 0 Å². The zero-order chi connectivity index (χ0) is 14.2. The van der Waals surface area contributed by atoms with Gasteiger partial charge in [0.15, 0.2) is 0 Å². The van der Waals surface area contributed by atoms with Gasteiger partial charge < -0.3 is 0 Å². The Balaban J connectivity index is 2.68. The van der Waals surface area contributed by atoms with Crippen molar-refractivity contribution in [2.45, 2.75) is 33.2 Å². The molecule has 0 atom stereocenters. The lowest BCUT2D eigenvalue weighted by Gasteiger charge is -2.06. The molecule has 0 bridgehead atoms. The van der Waals surface area contributed by atoms with Crippen LogP contribution in [0.1, 0.15) is 32.4 Å². The summed E-state index contributed by atoms with van der Waals surface area (Å²) in [5.74, 6) is 0. The largest absolute Gasteiger partial charge is 0.334 e. The van der Waals surface area contributed by atoms with Gasteiger partial charge >= 0.3 is 5.69 Å². The topological polar surface area (TPSA) is 72.7 Å². The predicted molar refractivity (Wildman–Crippen MR) is 73.2 cm³/mol. The monoisotopic (exact) mass is 282 g/mol. The Morgan fingerprint density at radius 3 is 2.63 bits per heavy atom. The first-order chi connectivity index (χ1) is 8.95. The highest BCUT2D eigenvalue weighted by atomic mass is 35.5. The Kier molecular flexibility index (Phi) is 3.61. The smallest absolute Gasteiger partial charge is 0.297 e. The van der Waals surface area contributed by atoms with Crippen LogP contribution in [0.2, 0.25) is 5.15 Å². The van der Waals surface area contributed by atoms with Crippen LogP contribution in [0.5, 0.6) is 0 Å². The molecule has 0 radical (unpaired) electrons. The third-order valence-corrected chi connectivity index (χ3v) is 3.20. The van der Waals surface area contributed by atoms with Gasteiger partial charge in [-0.25, -0.2) is 9.36 Å². The summed E-state index contributed by atoms with van der Waals surface area (Å²) in [6, 6.07) is 0.154. The summed E-state index contributed by atoms with van der Waals surface area (Å²) in [7, 11) is 0. The quantitative estimate of drug-likeness (QED) is 0.868. The number of hydrogen-bond donors (Lipinski definition) is 1. The van der Waals surface area contributed by atoms with Crippen LogP contribution in [0, 0.1) is 0 Å². The number of rotatable bonds is 3.